The first-order valence-corrected chi connectivity index (χ1v) is 5.83. The molecular formula is C11H17ClN4O. The van der Waals surface area contributed by atoms with Crippen molar-refractivity contribution in [3.05, 3.63) is 23.0 Å². The Hall–Kier alpha value is -1.20. The van der Waals surface area contributed by atoms with E-state index in [9.17, 15) is 4.79 Å². The van der Waals surface area contributed by atoms with Crippen LogP contribution in [0.25, 0.3) is 0 Å². The molecule has 1 heterocycles. The summed E-state index contributed by atoms with van der Waals surface area (Å²) in [7, 11) is 0. The van der Waals surface area contributed by atoms with Crippen LogP contribution in [0.3, 0.4) is 0 Å². The Balaban J connectivity index is 2.80. The molecule has 1 aromatic rings. The number of hydrogen-bond donors (Lipinski definition) is 1. The molecule has 2 N–H and O–H groups in total. The minimum absolute atomic E-state index is 0.0611. The average Bonchev–Trinajstić information content (AvgIpc) is 2.26. The Bertz CT molecular complexity index is 378. The molecule has 0 radical (unpaired) electrons. The van der Waals surface area contributed by atoms with Crippen LogP contribution >= 0.6 is 11.6 Å². The third-order valence-corrected chi connectivity index (χ3v) is 2.52. The summed E-state index contributed by atoms with van der Waals surface area (Å²) in [5, 5.41) is 8.00. The molecule has 0 spiro atoms. The van der Waals surface area contributed by atoms with E-state index in [-0.39, 0.29) is 11.9 Å². The van der Waals surface area contributed by atoms with Gasteiger partial charge >= 0.3 is 0 Å². The van der Waals surface area contributed by atoms with Gasteiger partial charge in [0.05, 0.1) is 18.3 Å². The fourth-order valence-corrected chi connectivity index (χ4v) is 1.48. The minimum atomic E-state index is -0.516. The number of nitrogens with two attached hydrogens (primary N) is 1. The summed E-state index contributed by atoms with van der Waals surface area (Å²) in [5.41, 5.74) is 6.30. The highest BCUT2D eigenvalue weighted by Gasteiger charge is 2.20. The van der Waals surface area contributed by atoms with Crippen LogP contribution in [-0.4, -0.2) is 33.1 Å². The largest absolute Gasteiger partial charge is 0.333 e. The fourth-order valence-electron chi connectivity index (χ4n) is 1.38. The summed E-state index contributed by atoms with van der Waals surface area (Å²) in [6.45, 7) is 5.93. The lowest BCUT2D eigenvalue weighted by atomic mass is 10.2. The molecule has 0 saturated carbocycles. The van der Waals surface area contributed by atoms with Crippen LogP contribution in [0.5, 0.6) is 0 Å². The van der Waals surface area contributed by atoms with Gasteiger partial charge in [-0.3, -0.25) is 4.79 Å². The van der Waals surface area contributed by atoms with Gasteiger partial charge in [-0.25, -0.2) is 0 Å². The zero-order valence-electron chi connectivity index (χ0n) is 10.2. The van der Waals surface area contributed by atoms with Gasteiger partial charge in [-0.2, -0.15) is 5.10 Å². The lowest BCUT2D eigenvalue weighted by Crippen LogP contribution is -2.45. The molecule has 6 heteroatoms. The molecule has 0 saturated heterocycles. The SMILES string of the molecule is CC(N)C(=O)N(Cc1ccc(Cl)nn1)C(C)C. The lowest BCUT2D eigenvalue weighted by molar-refractivity contribution is -0.134. The number of amides is 1. The molecule has 0 aliphatic rings. The smallest absolute Gasteiger partial charge is 0.239 e. The van der Waals surface area contributed by atoms with E-state index in [4.69, 9.17) is 17.3 Å². The third kappa shape index (κ3) is 3.94. The van der Waals surface area contributed by atoms with Gasteiger partial charge in [-0.05, 0) is 32.9 Å². The number of aromatic nitrogens is 2. The quantitative estimate of drug-likeness (QED) is 0.879. The molecule has 17 heavy (non-hydrogen) atoms. The summed E-state index contributed by atoms with van der Waals surface area (Å²) in [4.78, 5) is 13.6. The molecular weight excluding hydrogens is 240 g/mol. The Morgan fingerprint density at radius 2 is 2.06 bits per heavy atom. The summed E-state index contributed by atoms with van der Waals surface area (Å²) in [6, 6.07) is 2.95. The standard InChI is InChI=1S/C11H17ClN4O/c1-7(2)16(11(17)8(3)13)6-9-4-5-10(12)15-14-9/h4-5,7-8H,6,13H2,1-3H3. The number of hydrogen-bond acceptors (Lipinski definition) is 4. The molecule has 1 amide bonds. The molecule has 1 aromatic heterocycles. The lowest BCUT2D eigenvalue weighted by Gasteiger charge is -2.27. The molecule has 0 aliphatic carbocycles. The van der Waals surface area contributed by atoms with Crippen molar-refractivity contribution < 1.29 is 4.79 Å². The van der Waals surface area contributed by atoms with E-state index < -0.39 is 6.04 Å². The van der Waals surface area contributed by atoms with Crippen LogP contribution in [-0.2, 0) is 11.3 Å². The van der Waals surface area contributed by atoms with Crippen molar-refractivity contribution in [3.8, 4) is 0 Å². The number of halogens is 1. The first-order valence-electron chi connectivity index (χ1n) is 5.46. The molecule has 0 aliphatic heterocycles. The van der Waals surface area contributed by atoms with Crippen LogP contribution in [0.2, 0.25) is 5.15 Å². The summed E-state index contributed by atoms with van der Waals surface area (Å²) in [5.74, 6) is -0.100. The van der Waals surface area contributed by atoms with Crippen molar-refractivity contribution in [3.63, 3.8) is 0 Å². The van der Waals surface area contributed by atoms with Crippen molar-refractivity contribution >= 4 is 17.5 Å². The summed E-state index contributed by atoms with van der Waals surface area (Å²) in [6.07, 6.45) is 0. The first kappa shape index (κ1) is 13.9. The Labute approximate surface area is 106 Å². The zero-order valence-corrected chi connectivity index (χ0v) is 11.0. The second-order valence-corrected chi connectivity index (χ2v) is 4.58. The number of rotatable bonds is 4. The van der Waals surface area contributed by atoms with Gasteiger partial charge in [0, 0.05) is 6.04 Å². The maximum atomic E-state index is 11.9. The summed E-state index contributed by atoms with van der Waals surface area (Å²) < 4.78 is 0. The van der Waals surface area contributed by atoms with Gasteiger partial charge in [0.2, 0.25) is 5.91 Å². The van der Waals surface area contributed by atoms with Crippen molar-refractivity contribution in [1.29, 1.82) is 0 Å². The zero-order chi connectivity index (χ0) is 13.0. The second kappa shape index (κ2) is 5.93. The second-order valence-electron chi connectivity index (χ2n) is 4.20. The Morgan fingerprint density at radius 3 is 2.47 bits per heavy atom. The summed E-state index contributed by atoms with van der Waals surface area (Å²) >= 11 is 5.65. The van der Waals surface area contributed by atoms with Crippen LogP contribution in [0, 0.1) is 0 Å². The van der Waals surface area contributed by atoms with Gasteiger partial charge in [0.25, 0.3) is 0 Å². The topological polar surface area (TPSA) is 72.1 Å². The van der Waals surface area contributed by atoms with Gasteiger partial charge in [-0.1, -0.05) is 11.6 Å². The van der Waals surface area contributed by atoms with Gasteiger partial charge in [0.1, 0.15) is 0 Å². The fraction of sp³-hybridized carbons (Fsp3) is 0.545. The molecule has 1 rings (SSSR count). The Morgan fingerprint density at radius 1 is 1.41 bits per heavy atom. The van der Waals surface area contributed by atoms with Crippen LogP contribution in [0.1, 0.15) is 26.5 Å². The highest BCUT2D eigenvalue weighted by atomic mass is 35.5. The van der Waals surface area contributed by atoms with Gasteiger partial charge in [-0.15, -0.1) is 5.10 Å². The Kier molecular flexibility index (Phi) is 4.84. The van der Waals surface area contributed by atoms with Gasteiger partial charge in [0.15, 0.2) is 5.15 Å². The van der Waals surface area contributed by atoms with E-state index in [1.54, 1.807) is 24.0 Å². The molecule has 0 bridgehead atoms. The van der Waals surface area contributed by atoms with E-state index in [2.05, 4.69) is 10.2 Å². The molecule has 1 unspecified atom stereocenters. The van der Waals surface area contributed by atoms with Gasteiger partial charge < -0.3 is 10.6 Å². The highest BCUT2D eigenvalue weighted by Crippen LogP contribution is 2.09. The maximum Gasteiger partial charge on any atom is 0.239 e. The molecule has 0 aromatic carbocycles. The molecule has 94 valence electrons. The molecule has 1 atom stereocenters. The molecule has 5 nitrogen and oxygen atoms in total. The maximum absolute atomic E-state index is 11.9. The molecule has 0 fully saturated rings. The number of carbonyl (C=O) groups is 1. The van der Waals surface area contributed by atoms with E-state index in [0.29, 0.717) is 17.4 Å². The number of carbonyl (C=O) groups excluding carboxylic acids is 1. The average molecular weight is 257 g/mol. The third-order valence-electron chi connectivity index (χ3n) is 2.32. The van der Waals surface area contributed by atoms with Crippen molar-refractivity contribution in [1.82, 2.24) is 15.1 Å². The predicted octanol–water partition coefficient (Wildman–Crippen LogP) is 1.21. The first-order chi connectivity index (χ1) is 7.91. The minimum Gasteiger partial charge on any atom is -0.333 e. The van der Waals surface area contributed by atoms with E-state index in [1.807, 2.05) is 13.8 Å². The van der Waals surface area contributed by atoms with Crippen LogP contribution < -0.4 is 5.73 Å². The number of nitrogens with zero attached hydrogens (tertiary/aromatic N) is 3. The van der Waals surface area contributed by atoms with Crippen molar-refractivity contribution in [2.24, 2.45) is 5.73 Å². The predicted molar refractivity (Wildman–Crippen MR) is 66.4 cm³/mol. The van der Waals surface area contributed by atoms with E-state index >= 15 is 0 Å². The van der Waals surface area contributed by atoms with Crippen molar-refractivity contribution in [2.45, 2.75) is 39.4 Å². The highest BCUT2D eigenvalue weighted by molar-refractivity contribution is 6.29. The van der Waals surface area contributed by atoms with Crippen LogP contribution in [0.4, 0.5) is 0 Å². The van der Waals surface area contributed by atoms with E-state index in [1.165, 1.54) is 0 Å². The van der Waals surface area contributed by atoms with E-state index in [0.717, 1.165) is 0 Å². The van der Waals surface area contributed by atoms with Crippen LogP contribution in [0.15, 0.2) is 12.1 Å². The normalized spacial score (nSPS) is 12.6. The monoisotopic (exact) mass is 256 g/mol. The van der Waals surface area contributed by atoms with Crippen molar-refractivity contribution in [2.75, 3.05) is 0 Å².